The van der Waals surface area contributed by atoms with Crippen molar-refractivity contribution in [2.24, 2.45) is 0 Å². The predicted molar refractivity (Wildman–Crippen MR) is 93.7 cm³/mol. The highest BCUT2D eigenvalue weighted by Crippen LogP contribution is 2.44. The molecule has 1 atom stereocenters. The third-order valence-corrected chi connectivity index (χ3v) is 4.96. The van der Waals surface area contributed by atoms with Gasteiger partial charge in [-0.15, -0.1) is 0 Å². The van der Waals surface area contributed by atoms with Crippen LogP contribution in [0.1, 0.15) is 31.4 Å². The topological polar surface area (TPSA) is 3.01 Å². The van der Waals surface area contributed by atoms with Gasteiger partial charge >= 0.3 is 0 Å². The van der Waals surface area contributed by atoms with Gasteiger partial charge in [0.05, 0.1) is 0 Å². The van der Waals surface area contributed by atoms with E-state index in [1.165, 1.54) is 16.8 Å². The molecule has 0 radical (unpaired) electrons. The minimum atomic E-state index is -0.0947. The second-order valence-electron chi connectivity index (χ2n) is 6.43. The Balaban J connectivity index is 2.33. The fraction of sp³-hybridized carbons (Fsp3) is 0.286. The number of nitrogens with zero attached hydrogens (tertiary/aromatic N) is 1. The first-order valence-electron chi connectivity index (χ1n) is 7.94. The van der Waals surface area contributed by atoms with E-state index in [1.54, 1.807) is 0 Å². The Kier molecular flexibility index (Phi) is 3.74. The van der Waals surface area contributed by atoms with Gasteiger partial charge in [0.25, 0.3) is 0 Å². The smallest absolute Gasteiger partial charge is 0.193 e. The fourth-order valence-corrected chi connectivity index (χ4v) is 3.98. The molecule has 3 rings (SSSR count). The van der Waals surface area contributed by atoms with Gasteiger partial charge in [-0.25, -0.2) is 4.58 Å². The van der Waals surface area contributed by atoms with Gasteiger partial charge in [-0.05, 0) is 25.0 Å². The molecule has 0 N–H and O–H groups in total. The van der Waals surface area contributed by atoms with Crippen LogP contribution in [0.15, 0.2) is 72.8 Å². The van der Waals surface area contributed by atoms with Crippen molar-refractivity contribution in [3.05, 3.63) is 83.9 Å². The van der Waals surface area contributed by atoms with Gasteiger partial charge < -0.3 is 0 Å². The number of hydrogen-bond donors (Lipinski definition) is 0. The zero-order valence-corrected chi connectivity index (χ0v) is 13.7. The molecule has 1 heteroatoms. The van der Waals surface area contributed by atoms with E-state index in [4.69, 9.17) is 0 Å². The summed E-state index contributed by atoms with van der Waals surface area (Å²) in [6.45, 7) is 8.72. The standard InChI is InChI=1S/C21H24N/c1-16(2)20-21(15-17(3)22(20)4,18-11-7-5-8-12-18)19-13-9-6-10-14-19/h5-14,17H,1,15H2,2-4H3/q+1. The minimum Gasteiger partial charge on any atom is -0.232 e. The van der Waals surface area contributed by atoms with E-state index < -0.39 is 0 Å². The summed E-state index contributed by atoms with van der Waals surface area (Å²) in [6, 6.07) is 22.2. The molecular weight excluding hydrogens is 266 g/mol. The van der Waals surface area contributed by atoms with Crippen molar-refractivity contribution in [3.63, 3.8) is 0 Å². The van der Waals surface area contributed by atoms with Gasteiger partial charge in [-0.3, -0.25) is 0 Å². The Hall–Kier alpha value is -2.15. The van der Waals surface area contributed by atoms with E-state index in [1.807, 2.05) is 0 Å². The van der Waals surface area contributed by atoms with Gasteiger partial charge in [-0.1, -0.05) is 67.2 Å². The number of allylic oxidation sites excluding steroid dienone is 1. The molecule has 0 spiro atoms. The molecule has 0 saturated carbocycles. The summed E-state index contributed by atoms with van der Waals surface area (Å²) < 4.78 is 2.41. The molecule has 22 heavy (non-hydrogen) atoms. The lowest BCUT2D eigenvalue weighted by molar-refractivity contribution is -0.525. The van der Waals surface area contributed by atoms with Crippen molar-refractivity contribution >= 4 is 5.71 Å². The second kappa shape index (κ2) is 5.57. The molecular formula is C21H24N+. The summed E-state index contributed by atoms with van der Waals surface area (Å²) in [5.41, 5.74) is 5.12. The number of rotatable bonds is 3. The van der Waals surface area contributed by atoms with E-state index in [9.17, 15) is 0 Å². The molecule has 1 aliphatic rings. The Labute approximate surface area is 133 Å². The van der Waals surface area contributed by atoms with Crippen LogP contribution in [-0.4, -0.2) is 23.4 Å². The first-order valence-corrected chi connectivity index (χ1v) is 7.94. The van der Waals surface area contributed by atoms with E-state index in [0.29, 0.717) is 6.04 Å². The Morgan fingerprint density at radius 2 is 1.45 bits per heavy atom. The van der Waals surface area contributed by atoms with Crippen molar-refractivity contribution in [2.75, 3.05) is 7.05 Å². The van der Waals surface area contributed by atoms with Crippen molar-refractivity contribution < 1.29 is 4.58 Å². The molecule has 0 saturated heterocycles. The van der Waals surface area contributed by atoms with Gasteiger partial charge in [0.2, 0.25) is 0 Å². The van der Waals surface area contributed by atoms with Crippen LogP contribution in [0.4, 0.5) is 0 Å². The second-order valence-corrected chi connectivity index (χ2v) is 6.43. The lowest BCUT2D eigenvalue weighted by Crippen LogP contribution is -2.36. The zero-order valence-electron chi connectivity index (χ0n) is 13.7. The Morgan fingerprint density at radius 3 is 1.86 bits per heavy atom. The van der Waals surface area contributed by atoms with Gasteiger partial charge in [0, 0.05) is 12.0 Å². The van der Waals surface area contributed by atoms with Crippen molar-refractivity contribution in [2.45, 2.75) is 31.7 Å². The van der Waals surface area contributed by atoms with Gasteiger partial charge in [0.15, 0.2) is 11.8 Å². The van der Waals surface area contributed by atoms with E-state index in [0.717, 1.165) is 12.0 Å². The third kappa shape index (κ3) is 2.12. The van der Waals surface area contributed by atoms with E-state index in [2.05, 4.69) is 92.7 Å². The first-order chi connectivity index (χ1) is 10.6. The zero-order chi connectivity index (χ0) is 15.7. The normalized spacial score (nSPS) is 20.2. The van der Waals surface area contributed by atoms with Crippen molar-refractivity contribution in [1.82, 2.24) is 0 Å². The third-order valence-electron chi connectivity index (χ3n) is 4.96. The lowest BCUT2D eigenvalue weighted by atomic mass is 9.68. The number of hydrogen-bond acceptors (Lipinski definition) is 0. The summed E-state index contributed by atoms with van der Waals surface area (Å²) in [7, 11) is 2.20. The maximum atomic E-state index is 4.29. The van der Waals surface area contributed by atoms with Gasteiger partial charge in [-0.2, -0.15) is 0 Å². The highest BCUT2D eigenvalue weighted by atomic mass is 15.1. The highest BCUT2D eigenvalue weighted by Gasteiger charge is 2.52. The molecule has 1 unspecified atom stereocenters. The van der Waals surface area contributed by atoms with Crippen molar-refractivity contribution in [1.29, 1.82) is 0 Å². The van der Waals surface area contributed by atoms with Crippen LogP contribution < -0.4 is 0 Å². The maximum Gasteiger partial charge on any atom is 0.193 e. The predicted octanol–water partition coefficient (Wildman–Crippen LogP) is 4.42. The first kappa shape index (κ1) is 14.8. The quantitative estimate of drug-likeness (QED) is 0.736. The molecule has 0 aliphatic carbocycles. The number of benzene rings is 2. The molecule has 112 valence electrons. The van der Waals surface area contributed by atoms with Crippen LogP contribution in [0, 0.1) is 0 Å². The van der Waals surface area contributed by atoms with Crippen LogP contribution in [0.3, 0.4) is 0 Å². The Bertz CT molecular complexity index is 671. The van der Waals surface area contributed by atoms with Crippen LogP contribution >= 0.6 is 0 Å². The molecule has 0 amide bonds. The monoisotopic (exact) mass is 290 g/mol. The van der Waals surface area contributed by atoms with Gasteiger partial charge in [0.1, 0.15) is 12.5 Å². The average Bonchev–Trinajstić information content (AvgIpc) is 2.82. The molecule has 0 bridgehead atoms. The minimum absolute atomic E-state index is 0.0947. The van der Waals surface area contributed by atoms with Crippen LogP contribution in [-0.2, 0) is 5.41 Å². The average molecular weight is 290 g/mol. The lowest BCUT2D eigenvalue weighted by Gasteiger charge is -2.29. The molecule has 0 fully saturated rings. The molecule has 2 aromatic rings. The van der Waals surface area contributed by atoms with Crippen LogP contribution in [0.2, 0.25) is 0 Å². The highest BCUT2D eigenvalue weighted by molar-refractivity contribution is 6.07. The molecule has 1 aliphatic heterocycles. The summed E-state index contributed by atoms with van der Waals surface area (Å²) in [6.07, 6.45) is 1.08. The molecule has 0 aromatic heterocycles. The maximum absolute atomic E-state index is 4.29. The van der Waals surface area contributed by atoms with Crippen LogP contribution in [0.25, 0.3) is 0 Å². The Morgan fingerprint density at radius 1 is 1.00 bits per heavy atom. The molecule has 1 nitrogen and oxygen atoms in total. The molecule has 2 aromatic carbocycles. The largest absolute Gasteiger partial charge is 0.232 e. The van der Waals surface area contributed by atoms with Crippen LogP contribution in [0.5, 0.6) is 0 Å². The SMILES string of the molecule is C=C(C)C1=[N+](C)C(C)CC1(c1ccccc1)c1ccccc1. The molecule has 1 heterocycles. The fourth-order valence-electron chi connectivity index (χ4n) is 3.98. The van der Waals surface area contributed by atoms with E-state index >= 15 is 0 Å². The summed E-state index contributed by atoms with van der Waals surface area (Å²) in [5.74, 6) is 0. The summed E-state index contributed by atoms with van der Waals surface area (Å²) in [5, 5.41) is 0. The van der Waals surface area contributed by atoms with E-state index in [-0.39, 0.29) is 5.41 Å². The van der Waals surface area contributed by atoms with Crippen molar-refractivity contribution in [3.8, 4) is 0 Å². The summed E-state index contributed by atoms with van der Waals surface area (Å²) >= 11 is 0. The summed E-state index contributed by atoms with van der Waals surface area (Å²) in [4.78, 5) is 0.